The van der Waals surface area contributed by atoms with Gasteiger partial charge in [0.1, 0.15) is 5.82 Å². The number of rotatable bonds is 5. The quantitative estimate of drug-likeness (QED) is 0.657. The molecule has 1 heterocycles. The van der Waals surface area contributed by atoms with Crippen molar-refractivity contribution in [2.45, 2.75) is 13.8 Å². The average molecular weight is 303 g/mol. The summed E-state index contributed by atoms with van der Waals surface area (Å²) in [4.78, 5) is 10.7. The standard InChI is InChI=1S/C16H19ClN4/c1-4-21(3)11-19-15-9-12(2)14(10-13(15)17)20-16-7-5-6-8-18-16/h5-11H,4H2,1-3H3,(H,18,20)/b19-11-. The summed E-state index contributed by atoms with van der Waals surface area (Å²) in [6.07, 6.45) is 3.53. The van der Waals surface area contributed by atoms with Gasteiger partial charge in [-0.1, -0.05) is 17.7 Å². The second-order valence-electron chi connectivity index (χ2n) is 4.78. The fourth-order valence-electron chi connectivity index (χ4n) is 1.72. The Labute approximate surface area is 130 Å². The molecule has 2 rings (SSSR count). The molecule has 0 saturated heterocycles. The number of nitrogens with zero attached hydrogens (tertiary/aromatic N) is 3. The number of anilines is 2. The van der Waals surface area contributed by atoms with Gasteiger partial charge >= 0.3 is 0 Å². The molecule has 4 nitrogen and oxygen atoms in total. The summed E-state index contributed by atoms with van der Waals surface area (Å²) < 4.78 is 0. The van der Waals surface area contributed by atoms with E-state index in [9.17, 15) is 0 Å². The van der Waals surface area contributed by atoms with E-state index in [0.29, 0.717) is 5.02 Å². The van der Waals surface area contributed by atoms with Crippen molar-refractivity contribution in [3.63, 3.8) is 0 Å². The van der Waals surface area contributed by atoms with Gasteiger partial charge in [-0.3, -0.25) is 0 Å². The number of aliphatic imine (C=N–C) groups is 1. The third-order valence-corrected chi connectivity index (χ3v) is 3.42. The summed E-state index contributed by atoms with van der Waals surface area (Å²) in [5, 5.41) is 3.87. The molecule has 1 aromatic heterocycles. The minimum Gasteiger partial charge on any atom is -0.366 e. The molecule has 0 amide bonds. The summed E-state index contributed by atoms with van der Waals surface area (Å²) in [7, 11) is 1.97. The van der Waals surface area contributed by atoms with Gasteiger partial charge in [0.05, 0.1) is 17.0 Å². The summed E-state index contributed by atoms with van der Waals surface area (Å²) in [5.41, 5.74) is 2.76. The van der Waals surface area contributed by atoms with Crippen LogP contribution in [0.15, 0.2) is 41.5 Å². The first-order chi connectivity index (χ1) is 10.1. The van der Waals surface area contributed by atoms with Gasteiger partial charge in [-0.05, 0) is 43.7 Å². The Kier molecular flexibility index (Phi) is 5.17. The molecule has 0 aliphatic rings. The van der Waals surface area contributed by atoms with E-state index < -0.39 is 0 Å². The van der Waals surface area contributed by atoms with E-state index >= 15 is 0 Å². The molecule has 0 fully saturated rings. The Morgan fingerprint density at radius 3 is 2.86 bits per heavy atom. The summed E-state index contributed by atoms with van der Waals surface area (Å²) in [6.45, 7) is 4.99. The van der Waals surface area contributed by atoms with Gasteiger partial charge in [-0.25, -0.2) is 9.98 Å². The van der Waals surface area contributed by atoms with Crippen LogP contribution in [0.25, 0.3) is 0 Å². The lowest BCUT2D eigenvalue weighted by Gasteiger charge is -2.12. The van der Waals surface area contributed by atoms with Gasteiger partial charge in [-0.2, -0.15) is 0 Å². The van der Waals surface area contributed by atoms with E-state index in [0.717, 1.165) is 29.3 Å². The largest absolute Gasteiger partial charge is 0.366 e. The van der Waals surface area contributed by atoms with E-state index in [-0.39, 0.29) is 0 Å². The maximum atomic E-state index is 6.30. The van der Waals surface area contributed by atoms with Crippen LogP contribution < -0.4 is 5.32 Å². The topological polar surface area (TPSA) is 40.5 Å². The zero-order chi connectivity index (χ0) is 15.2. The smallest absolute Gasteiger partial charge is 0.130 e. The highest BCUT2D eigenvalue weighted by molar-refractivity contribution is 6.33. The van der Waals surface area contributed by atoms with Crippen molar-refractivity contribution in [2.24, 2.45) is 4.99 Å². The molecular formula is C16H19ClN4. The van der Waals surface area contributed by atoms with Crippen LogP contribution in [0.1, 0.15) is 12.5 Å². The van der Waals surface area contributed by atoms with Crippen molar-refractivity contribution in [3.05, 3.63) is 47.1 Å². The number of halogens is 1. The molecule has 1 aromatic carbocycles. The fourth-order valence-corrected chi connectivity index (χ4v) is 1.93. The third kappa shape index (κ3) is 4.20. The Morgan fingerprint density at radius 1 is 1.38 bits per heavy atom. The third-order valence-electron chi connectivity index (χ3n) is 3.11. The van der Waals surface area contributed by atoms with Crippen LogP contribution in [0.2, 0.25) is 5.02 Å². The molecule has 110 valence electrons. The molecule has 2 aromatic rings. The molecule has 5 heteroatoms. The van der Waals surface area contributed by atoms with Crippen molar-refractivity contribution in [2.75, 3.05) is 18.9 Å². The van der Waals surface area contributed by atoms with Crippen molar-refractivity contribution in [1.29, 1.82) is 0 Å². The van der Waals surface area contributed by atoms with E-state index in [1.807, 2.05) is 49.2 Å². The predicted octanol–water partition coefficient (Wildman–Crippen LogP) is 4.40. The van der Waals surface area contributed by atoms with Gasteiger partial charge in [0.25, 0.3) is 0 Å². The number of benzene rings is 1. The Morgan fingerprint density at radius 2 is 2.19 bits per heavy atom. The molecule has 0 saturated carbocycles. The number of pyridine rings is 1. The molecule has 0 spiro atoms. The second kappa shape index (κ2) is 7.09. The second-order valence-corrected chi connectivity index (χ2v) is 5.18. The minimum absolute atomic E-state index is 0.611. The van der Waals surface area contributed by atoms with Crippen LogP contribution in [-0.4, -0.2) is 29.8 Å². The van der Waals surface area contributed by atoms with Crippen LogP contribution >= 0.6 is 11.6 Å². The van der Waals surface area contributed by atoms with Crippen LogP contribution in [0, 0.1) is 6.92 Å². The lowest BCUT2D eigenvalue weighted by Crippen LogP contribution is -2.14. The predicted molar refractivity (Wildman–Crippen MR) is 90.2 cm³/mol. The number of nitrogens with one attached hydrogen (secondary N) is 1. The van der Waals surface area contributed by atoms with Gasteiger partial charge in [0.15, 0.2) is 0 Å². The highest BCUT2D eigenvalue weighted by Gasteiger charge is 2.06. The zero-order valence-electron chi connectivity index (χ0n) is 12.5. The minimum atomic E-state index is 0.611. The Bertz CT molecular complexity index is 626. The van der Waals surface area contributed by atoms with Gasteiger partial charge < -0.3 is 10.2 Å². The van der Waals surface area contributed by atoms with Gasteiger partial charge in [-0.15, -0.1) is 0 Å². The van der Waals surface area contributed by atoms with Crippen LogP contribution in [0.4, 0.5) is 17.2 Å². The van der Waals surface area contributed by atoms with Crippen LogP contribution in [-0.2, 0) is 0 Å². The molecule has 1 N–H and O–H groups in total. The lowest BCUT2D eigenvalue weighted by atomic mass is 10.1. The number of hydrogen-bond donors (Lipinski definition) is 1. The zero-order valence-corrected chi connectivity index (χ0v) is 13.2. The van der Waals surface area contributed by atoms with E-state index in [4.69, 9.17) is 11.6 Å². The normalized spacial score (nSPS) is 10.9. The van der Waals surface area contributed by atoms with E-state index in [2.05, 4.69) is 22.2 Å². The summed E-state index contributed by atoms with van der Waals surface area (Å²) >= 11 is 6.30. The SMILES string of the molecule is CCN(C)/C=N\c1cc(C)c(Nc2ccccn2)cc1Cl. The molecule has 21 heavy (non-hydrogen) atoms. The first kappa shape index (κ1) is 15.3. The van der Waals surface area contributed by atoms with E-state index in [1.54, 1.807) is 12.5 Å². The summed E-state index contributed by atoms with van der Waals surface area (Å²) in [6, 6.07) is 9.58. The van der Waals surface area contributed by atoms with Crippen molar-refractivity contribution in [1.82, 2.24) is 9.88 Å². The average Bonchev–Trinajstić information content (AvgIpc) is 2.50. The van der Waals surface area contributed by atoms with Crippen LogP contribution in [0.5, 0.6) is 0 Å². The molecule has 0 aliphatic carbocycles. The molecule has 0 aliphatic heterocycles. The Hall–Kier alpha value is -2.07. The number of aryl methyl sites for hydroxylation is 1. The first-order valence-electron chi connectivity index (χ1n) is 6.82. The lowest BCUT2D eigenvalue weighted by molar-refractivity contribution is 0.552. The highest BCUT2D eigenvalue weighted by atomic mass is 35.5. The number of aromatic nitrogens is 1. The van der Waals surface area contributed by atoms with Gasteiger partial charge in [0.2, 0.25) is 0 Å². The fraction of sp³-hybridized carbons (Fsp3) is 0.250. The highest BCUT2D eigenvalue weighted by Crippen LogP contribution is 2.32. The monoisotopic (exact) mass is 302 g/mol. The molecule has 0 bridgehead atoms. The molecule has 0 radical (unpaired) electrons. The summed E-state index contributed by atoms with van der Waals surface area (Å²) in [5.74, 6) is 0.790. The molecule has 0 atom stereocenters. The van der Waals surface area contributed by atoms with E-state index in [1.165, 1.54) is 0 Å². The maximum Gasteiger partial charge on any atom is 0.130 e. The maximum absolute atomic E-state index is 6.30. The van der Waals surface area contributed by atoms with Crippen molar-refractivity contribution < 1.29 is 0 Å². The first-order valence-corrected chi connectivity index (χ1v) is 7.20. The van der Waals surface area contributed by atoms with Gasteiger partial charge in [0, 0.05) is 25.5 Å². The van der Waals surface area contributed by atoms with Crippen molar-refractivity contribution in [3.8, 4) is 0 Å². The number of hydrogen-bond acceptors (Lipinski definition) is 3. The van der Waals surface area contributed by atoms with Crippen LogP contribution in [0.3, 0.4) is 0 Å². The van der Waals surface area contributed by atoms with Crippen molar-refractivity contribution >= 4 is 35.1 Å². The molecule has 0 unspecified atom stereocenters. The molecular weight excluding hydrogens is 284 g/mol. The Balaban J connectivity index is 2.23.